The van der Waals surface area contributed by atoms with E-state index in [1.54, 1.807) is 12.1 Å². The van der Waals surface area contributed by atoms with E-state index in [9.17, 15) is 9.18 Å². The molecule has 0 N–H and O–H groups in total. The first-order chi connectivity index (χ1) is 13.9. The number of rotatable bonds is 3. The zero-order valence-electron chi connectivity index (χ0n) is 16.3. The molecule has 0 fully saturated rings. The fraction of sp³-hybridized carbons (Fsp3) is 0.130. The van der Waals surface area contributed by atoms with Gasteiger partial charge in [-0.1, -0.05) is 29.8 Å². The lowest BCUT2D eigenvalue weighted by Gasteiger charge is -2.11. The summed E-state index contributed by atoms with van der Waals surface area (Å²) in [5, 5.41) is 5.91. The van der Waals surface area contributed by atoms with Crippen molar-refractivity contribution >= 4 is 35.0 Å². The highest BCUT2D eigenvalue weighted by Crippen LogP contribution is 2.28. The Labute approximate surface area is 173 Å². The average Bonchev–Trinajstić information content (AvgIpc) is 3.15. The average molecular weight is 408 g/mol. The van der Waals surface area contributed by atoms with Crippen LogP contribution in [0.1, 0.15) is 23.9 Å². The van der Waals surface area contributed by atoms with Gasteiger partial charge in [0.25, 0.3) is 5.91 Å². The molecule has 146 valence electrons. The number of benzene rings is 2. The summed E-state index contributed by atoms with van der Waals surface area (Å²) in [6, 6.07) is 16.0. The van der Waals surface area contributed by atoms with Gasteiger partial charge in [0.05, 0.1) is 22.0 Å². The second kappa shape index (κ2) is 7.33. The molecule has 3 aromatic rings. The summed E-state index contributed by atoms with van der Waals surface area (Å²) in [5.41, 5.74) is 5.49. The van der Waals surface area contributed by atoms with Crippen LogP contribution in [-0.2, 0) is 4.79 Å². The Kier molecular flexibility index (Phi) is 4.84. The Balaban J connectivity index is 1.73. The van der Waals surface area contributed by atoms with Gasteiger partial charge in [0, 0.05) is 17.1 Å². The van der Waals surface area contributed by atoms with Crippen molar-refractivity contribution in [3.8, 4) is 5.69 Å². The topological polar surface area (TPSA) is 37.6 Å². The van der Waals surface area contributed by atoms with Crippen molar-refractivity contribution < 1.29 is 9.18 Å². The van der Waals surface area contributed by atoms with E-state index in [2.05, 4.69) is 5.10 Å². The van der Waals surface area contributed by atoms with Crippen molar-refractivity contribution in [1.29, 1.82) is 0 Å². The molecule has 2 heterocycles. The van der Waals surface area contributed by atoms with Crippen LogP contribution in [0.25, 0.3) is 11.8 Å². The van der Waals surface area contributed by atoms with Gasteiger partial charge in [-0.2, -0.15) is 10.1 Å². The first kappa shape index (κ1) is 19.2. The number of nitrogens with zero attached hydrogens (tertiary/aromatic N) is 3. The predicted octanol–water partition coefficient (Wildman–Crippen LogP) is 5.69. The number of halogens is 2. The van der Waals surface area contributed by atoms with Crippen molar-refractivity contribution in [2.75, 3.05) is 5.01 Å². The molecule has 0 spiro atoms. The van der Waals surface area contributed by atoms with Gasteiger partial charge in [-0.3, -0.25) is 4.79 Å². The van der Waals surface area contributed by atoms with E-state index in [1.807, 2.05) is 67.8 Å². The highest BCUT2D eigenvalue weighted by molar-refractivity contribution is 6.32. The van der Waals surface area contributed by atoms with E-state index in [-0.39, 0.29) is 10.9 Å². The van der Waals surface area contributed by atoms with Crippen LogP contribution in [0.5, 0.6) is 0 Å². The fourth-order valence-electron chi connectivity index (χ4n) is 3.54. The Morgan fingerprint density at radius 1 is 1.00 bits per heavy atom. The number of amides is 1. The SMILES string of the molecule is CC1=NN(c2ccccc2)C(=O)C1=Cc1cc(C)n(-c2ccc(F)c(Cl)c2)c1C. The number of hydrogen-bond donors (Lipinski definition) is 0. The molecule has 1 aliphatic rings. The number of carbonyl (C=O) groups is 1. The normalized spacial score (nSPS) is 15.3. The Morgan fingerprint density at radius 3 is 2.41 bits per heavy atom. The van der Waals surface area contributed by atoms with Crippen LogP contribution in [-0.4, -0.2) is 16.2 Å². The zero-order chi connectivity index (χ0) is 20.7. The summed E-state index contributed by atoms with van der Waals surface area (Å²) in [7, 11) is 0. The molecule has 0 radical (unpaired) electrons. The number of aryl methyl sites for hydroxylation is 1. The fourth-order valence-corrected chi connectivity index (χ4v) is 3.71. The number of aromatic nitrogens is 1. The monoisotopic (exact) mass is 407 g/mol. The van der Waals surface area contributed by atoms with Gasteiger partial charge in [-0.05, 0) is 68.8 Å². The van der Waals surface area contributed by atoms with E-state index < -0.39 is 5.82 Å². The van der Waals surface area contributed by atoms with Gasteiger partial charge in [-0.25, -0.2) is 4.39 Å². The maximum atomic E-state index is 13.5. The molecular formula is C23H19ClFN3O. The highest BCUT2D eigenvalue weighted by Gasteiger charge is 2.29. The van der Waals surface area contributed by atoms with Crippen molar-refractivity contribution in [2.24, 2.45) is 5.10 Å². The summed E-state index contributed by atoms with van der Waals surface area (Å²) in [5.74, 6) is -0.618. The molecular weight excluding hydrogens is 389 g/mol. The van der Waals surface area contributed by atoms with Gasteiger partial charge in [0.2, 0.25) is 0 Å². The molecule has 29 heavy (non-hydrogen) atoms. The number of hydrazone groups is 1. The highest BCUT2D eigenvalue weighted by atomic mass is 35.5. The molecule has 0 unspecified atom stereocenters. The minimum Gasteiger partial charge on any atom is -0.318 e. The summed E-state index contributed by atoms with van der Waals surface area (Å²) in [6.45, 7) is 5.74. The minimum absolute atomic E-state index is 0.0716. The molecule has 0 atom stereocenters. The van der Waals surface area contributed by atoms with E-state index in [0.29, 0.717) is 11.3 Å². The minimum atomic E-state index is -0.454. The van der Waals surface area contributed by atoms with Crippen LogP contribution in [0.2, 0.25) is 5.02 Å². The van der Waals surface area contributed by atoms with Crippen LogP contribution in [0.4, 0.5) is 10.1 Å². The van der Waals surface area contributed by atoms with E-state index in [1.165, 1.54) is 11.1 Å². The molecule has 4 nitrogen and oxygen atoms in total. The lowest BCUT2D eigenvalue weighted by molar-refractivity contribution is -0.114. The largest absolute Gasteiger partial charge is 0.318 e. The zero-order valence-corrected chi connectivity index (χ0v) is 17.0. The maximum Gasteiger partial charge on any atom is 0.280 e. The molecule has 0 bridgehead atoms. The molecule has 1 aliphatic heterocycles. The molecule has 6 heteroatoms. The molecule has 0 aliphatic carbocycles. The van der Waals surface area contributed by atoms with Crippen molar-refractivity contribution in [1.82, 2.24) is 4.57 Å². The molecule has 2 aromatic carbocycles. The van der Waals surface area contributed by atoms with Crippen LogP contribution in [0.15, 0.2) is 65.3 Å². The van der Waals surface area contributed by atoms with Crippen molar-refractivity contribution in [3.63, 3.8) is 0 Å². The molecule has 1 aromatic heterocycles. The molecule has 4 rings (SSSR count). The Bertz CT molecular complexity index is 1180. The van der Waals surface area contributed by atoms with Crippen LogP contribution in [0, 0.1) is 19.7 Å². The van der Waals surface area contributed by atoms with E-state index in [4.69, 9.17) is 11.6 Å². The van der Waals surface area contributed by atoms with Crippen LogP contribution < -0.4 is 5.01 Å². The van der Waals surface area contributed by atoms with Gasteiger partial charge >= 0.3 is 0 Å². The van der Waals surface area contributed by atoms with Crippen LogP contribution in [0.3, 0.4) is 0 Å². The van der Waals surface area contributed by atoms with E-state index >= 15 is 0 Å². The first-order valence-corrected chi connectivity index (χ1v) is 9.56. The summed E-state index contributed by atoms with van der Waals surface area (Å²) in [6.07, 6.45) is 1.86. The third-order valence-electron chi connectivity index (χ3n) is 4.99. The second-order valence-corrected chi connectivity index (χ2v) is 7.36. The van der Waals surface area contributed by atoms with Gasteiger partial charge in [0.1, 0.15) is 5.82 Å². The third kappa shape index (κ3) is 3.38. The molecule has 0 saturated carbocycles. The van der Waals surface area contributed by atoms with Crippen LogP contribution >= 0.6 is 11.6 Å². The lowest BCUT2D eigenvalue weighted by Crippen LogP contribution is -2.21. The van der Waals surface area contributed by atoms with Crippen molar-refractivity contribution in [2.45, 2.75) is 20.8 Å². The number of carbonyl (C=O) groups excluding carboxylic acids is 1. The first-order valence-electron chi connectivity index (χ1n) is 9.18. The number of para-hydroxylation sites is 1. The molecule has 1 amide bonds. The number of anilines is 1. The van der Waals surface area contributed by atoms with Gasteiger partial charge < -0.3 is 4.57 Å². The standard InChI is InChI=1S/C23H19ClFN3O/c1-14-11-17(16(3)27(14)19-9-10-22(25)21(24)13-19)12-20-15(2)26-28(23(20)29)18-7-5-4-6-8-18/h4-13H,1-3H3. The Morgan fingerprint density at radius 2 is 1.72 bits per heavy atom. The van der Waals surface area contributed by atoms with Gasteiger partial charge in [-0.15, -0.1) is 0 Å². The maximum absolute atomic E-state index is 13.5. The summed E-state index contributed by atoms with van der Waals surface area (Å²) in [4.78, 5) is 13.0. The Hall–Kier alpha value is -3.18. The van der Waals surface area contributed by atoms with Gasteiger partial charge in [0.15, 0.2) is 0 Å². The summed E-state index contributed by atoms with van der Waals surface area (Å²) >= 11 is 5.96. The molecule has 0 saturated heterocycles. The van der Waals surface area contributed by atoms with E-state index in [0.717, 1.165) is 28.3 Å². The summed E-state index contributed by atoms with van der Waals surface area (Å²) < 4.78 is 15.5. The number of hydrogen-bond acceptors (Lipinski definition) is 2. The van der Waals surface area contributed by atoms with Crippen molar-refractivity contribution in [3.05, 3.63) is 88.0 Å². The quantitative estimate of drug-likeness (QED) is 0.513. The lowest BCUT2D eigenvalue weighted by atomic mass is 10.1. The smallest absolute Gasteiger partial charge is 0.280 e. The third-order valence-corrected chi connectivity index (χ3v) is 5.28. The second-order valence-electron chi connectivity index (χ2n) is 6.96. The predicted molar refractivity (Wildman–Crippen MR) is 115 cm³/mol.